The molecule has 1 aliphatic rings. The largest absolute Gasteiger partial charge is 0.355 e. The maximum absolute atomic E-state index is 9.64. The van der Waals surface area contributed by atoms with Crippen LogP contribution in [0.2, 0.25) is 0 Å². The Kier molecular flexibility index (Phi) is 7.50. The Morgan fingerprint density at radius 3 is 1.83 bits per heavy atom. The molecule has 0 heterocycles. The van der Waals surface area contributed by atoms with Gasteiger partial charge in [0.15, 0.2) is 8.07 Å². The lowest BCUT2D eigenvalue weighted by molar-refractivity contribution is 0.968. The quantitative estimate of drug-likeness (QED) is 0.181. The number of hydrogen-bond acceptors (Lipinski definition) is 2. The average molecular weight is 545 g/mol. The van der Waals surface area contributed by atoms with Gasteiger partial charge >= 0.3 is 0 Å². The number of nitrogens with one attached hydrogen (secondary N) is 1. The van der Waals surface area contributed by atoms with E-state index in [9.17, 15) is 5.26 Å². The van der Waals surface area contributed by atoms with Crippen LogP contribution in [-0.2, 0) is 0 Å². The molecule has 5 aromatic rings. The van der Waals surface area contributed by atoms with E-state index in [-0.39, 0.29) is 0 Å². The first kappa shape index (κ1) is 26.3. The summed E-state index contributed by atoms with van der Waals surface area (Å²) in [6.45, 7) is 2.28. The molecule has 6 rings (SSSR count). The van der Waals surface area contributed by atoms with Gasteiger partial charge in [0.2, 0.25) is 0 Å². The van der Waals surface area contributed by atoms with Gasteiger partial charge in [-0.05, 0) is 76.4 Å². The van der Waals surface area contributed by atoms with Gasteiger partial charge in [0.25, 0.3) is 0 Å². The normalized spacial score (nSPS) is 13.1. The first-order valence-electron chi connectivity index (χ1n) is 14.2. The van der Waals surface area contributed by atoms with Crippen molar-refractivity contribution in [2.24, 2.45) is 0 Å². The Balaban J connectivity index is 1.75. The van der Waals surface area contributed by atoms with Crippen molar-refractivity contribution in [2.45, 2.75) is 19.8 Å². The fraction of sp³-hybridized carbons (Fsp3) is 0.0789. The molecule has 3 heteroatoms. The summed E-state index contributed by atoms with van der Waals surface area (Å²) in [5, 5.41) is 18.6. The molecule has 0 fully saturated rings. The molecule has 0 aromatic heterocycles. The van der Waals surface area contributed by atoms with E-state index in [1.807, 2.05) is 18.2 Å². The van der Waals surface area contributed by atoms with E-state index in [0.717, 1.165) is 24.2 Å². The predicted octanol–water partition coefficient (Wildman–Crippen LogP) is 6.80. The molecule has 1 N–H and O–H groups in total. The smallest absolute Gasteiger partial charge is 0.180 e. The summed E-state index contributed by atoms with van der Waals surface area (Å²) < 4.78 is 0. The number of allylic oxidation sites excluding steroid dienone is 4. The molecule has 41 heavy (non-hydrogen) atoms. The van der Waals surface area contributed by atoms with Gasteiger partial charge in [0.1, 0.15) is 0 Å². The highest BCUT2D eigenvalue weighted by Crippen LogP contribution is 2.34. The topological polar surface area (TPSA) is 35.8 Å². The van der Waals surface area contributed by atoms with Crippen LogP contribution < -0.4 is 26.1 Å². The van der Waals surface area contributed by atoms with Crippen molar-refractivity contribution in [3.63, 3.8) is 0 Å². The molecule has 0 radical (unpaired) electrons. The number of nitrogens with zero attached hydrogens (tertiary/aromatic N) is 1. The molecular formula is C38H32N2Si. The first-order chi connectivity index (χ1) is 20.2. The van der Waals surface area contributed by atoms with Crippen molar-refractivity contribution in [1.29, 1.82) is 5.26 Å². The summed E-state index contributed by atoms with van der Waals surface area (Å²) in [5.74, 6) is 0. The Bertz CT molecular complexity index is 1710. The third-order valence-corrected chi connectivity index (χ3v) is 12.9. The van der Waals surface area contributed by atoms with E-state index in [1.165, 1.54) is 37.5 Å². The van der Waals surface area contributed by atoms with Crippen molar-refractivity contribution >= 4 is 45.8 Å². The van der Waals surface area contributed by atoms with Gasteiger partial charge in [-0.15, -0.1) is 0 Å². The summed E-state index contributed by atoms with van der Waals surface area (Å²) in [6.07, 6.45) is 6.74. The lowest BCUT2D eigenvalue weighted by Gasteiger charge is -2.37. The van der Waals surface area contributed by atoms with Gasteiger partial charge in [-0.25, -0.2) is 0 Å². The minimum atomic E-state index is -2.86. The number of nitriles is 1. The van der Waals surface area contributed by atoms with E-state index in [1.54, 1.807) is 0 Å². The zero-order valence-corrected chi connectivity index (χ0v) is 24.2. The maximum Gasteiger partial charge on any atom is 0.180 e. The van der Waals surface area contributed by atoms with Gasteiger partial charge in [-0.2, -0.15) is 5.26 Å². The lowest BCUT2D eigenvalue weighted by Crippen LogP contribution is -2.75. The van der Waals surface area contributed by atoms with Crippen molar-refractivity contribution in [3.05, 3.63) is 162 Å². The SMILES string of the molecule is CC1=C(c2c(Nc3ccccc3)cccc2[Si](c2ccccc2)(c2ccccc2)c2ccc(C#N)cc2)C=CCC1. The molecule has 2 nitrogen and oxygen atoms in total. The van der Waals surface area contributed by atoms with Crippen LogP contribution in [0.1, 0.15) is 30.9 Å². The van der Waals surface area contributed by atoms with Crippen LogP contribution in [0.25, 0.3) is 5.57 Å². The highest BCUT2D eigenvalue weighted by molar-refractivity contribution is 7.20. The Hall–Kier alpha value is -4.91. The minimum Gasteiger partial charge on any atom is -0.355 e. The second kappa shape index (κ2) is 11.7. The molecular weight excluding hydrogens is 513 g/mol. The summed E-state index contributed by atoms with van der Waals surface area (Å²) in [6, 6.07) is 49.8. The van der Waals surface area contributed by atoms with E-state index in [0.29, 0.717) is 5.56 Å². The summed E-state index contributed by atoms with van der Waals surface area (Å²) in [7, 11) is -2.86. The van der Waals surface area contributed by atoms with Crippen molar-refractivity contribution in [3.8, 4) is 6.07 Å². The van der Waals surface area contributed by atoms with Crippen molar-refractivity contribution < 1.29 is 0 Å². The number of anilines is 2. The van der Waals surface area contributed by atoms with Crippen molar-refractivity contribution in [2.75, 3.05) is 5.32 Å². The number of benzene rings is 5. The summed E-state index contributed by atoms with van der Waals surface area (Å²) in [5.41, 5.74) is 6.79. The van der Waals surface area contributed by atoms with Crippen LogP contribution in [0.5, 0.6) is 0 Å². The molecule has 0 saturated carbocycles. The summed E-state index contributed by atoms with van der Waals surface area (Å²) >= 11 is 0. The van der Waals surface area contributed by atoms with Crippen LogP contribution in [0.15, 0.2) is 151 Å². The molecule has 0 amide bonds. The highest BCUT2D eigenvalue weighted by Gasteiger charge is 2.43. The minimum absolute atomic E-state index is 0.672. The second-order valence-electron chi connectivity index (χ2n) is 10.5. The van der Waals surface area contributed by atoms with Crippen LogP contribution >= 0.6 is 0 Å². The maximum atomic E-state index is 9.64. The predicted molar refractivity (Wildman–Crippen MR) is 175 cm³/mol. The van der Waals surface area contributed by atoms with Crippen LogP contribution in [0, 0.1) is 11.3 Å². The van der Waals surface area contributed by atoms with E-state index < -0.39 is 8.07 Å². The fourth-order valence-corrected chi connectivity index (χ4v) is 11.1. The zero-order valence-electron chi connectivity index (χ0n) is 23.2. The van der Waals surface area contributed by atoms with Crippen molar-refractivity contribution in [1.82, 2.24) is 0 Å². The lowest BCUT2D eigenvalue weighted by atomic mass is 9.92. The highest BCUT2D eigenvalue weighted by atomic mass is 28.3. The molecule has 0 atom stereocenters. The first-order valence-corrected chi connectivity index (χ1v) is 16.2. The van der Waals surface area contributed by atoms with E-state index in [2.05, 4.69) is 146 Å². The molecule has 0 unspecified atom stereocenters. The van der Waals surface area contributed by atoms with Crippen LogP contribution in [-0.4, -0.2) is 8.07 Å². The molecule has 5 aromatic carbocycles. The van der Waals surface area contributed by atoms with Gasteiger partial charge in [-0.3, -0.25) is 0 Å². The third-order valence-electron chi connectivity index (χ3n) is 8.08. The summed E-state index contributed by atoms with van der Waals surface area (Å²) in [4.78, 5) is 0. The molecule has 0 aliphatic heterocycles. The number of rotatable bonds is 7. The van der Waals surface area contributed by atoms with Gasteiger partial charge in [-0.1, -0.05) is 121 Å². The standard InChI is InChI=1S/C38H32N2Si/c1-29-14-11-12-21-35(29)38-36(40-31-15-5-2-6-16-31)22-13-23-37(38)41(32-17-7-3-8-18-32,33-19-9-4-10-20-33)34-26-24-30(28-39)25-27-34/h2-10,12-13,15-27,40H,11,14H2,1H3. The van der Waals surface area contributed by atoms with E-state index >= 15 is 0 Å². The Labute approximate surface area is 244 Å². The molecule has 198 valence electrons. The van der Waals surface area contributed by atoms with Gasteiger partial charge in [0, 0.05) is 16.9 Å². The number of para-hydroxylation sites is 1. The van der Waals surface area contributed by atoms with Gasteiger partial charge < -0.3 is 5.32 Å². The Morgan fingerprint density at radius 2 is 1.24 bits per heavy atom. The molecule has 0 saturated heterocycles. The van der Waals surface area contributed by atoms with Crippen LogP contribution in [0.4, 0.5) is 11.4 Å². The fourth-order valence-electron chi connectivity index (χ4n) is 6.15. The van der Waals surface area contributed by atoms with Gasteiger partial charge in [0.05, 0.1) is 11.6 Å². The Morgan fingerprint density at radius 1 is 0.659 bits per heavy atom. The molecule has 0 spiro atoms. The monoisotopic (exact) mass is 544 g/mol. The molecule has 1 aliphatic carbocycles. The zero-order chi connectivity index (χ0) is 28.1. The second-order valence-corrected chi connectivity index (χ2v) is 14.3. The third kappa shape index (κ3) is 4.95. The average Bonchev–Trinajstić information content (AvgIpc) is 3.04. The van der Waals surface area contributed by atoms with Crippen LogP contribution in [0.3, 0.4) is 0 Å². The number of hydrogen-bond donors (Lipinski definition) is 1. The van der Waals surface area contributed by atoms with E-state index in [4.69, 9.17) is 0 Å². The molecule has 0 bridgehead atoms.